The second-order valence-electron chi connectivity index (χ2n) is 5.44. The van der Waals surface area contributed by atoms with Crippen molar-refractivity contribution in [2.45, 2.75) is 6.42 Å². The van der Waals surface area contributed by atoms with Crippen LogP contribution in [0.4, 0.5) is 0 Å². The maximum atomic E-state index is 10.7. The smallest absolute Gasteiger partial charge is 0.335 e. The summed E-state index contributed by atoms with van der Waals surface area (Å²) in [5, 5.41) is 17.7. The molecule has 2 N–H and O–H groups in total. The lowest BCUT2D eigenvalue weighted by Gasteiger charge is -2.34. The molecule has 0 saturated carbocycles. The number of nitrogens with zero attached hydrogens (tertiary/aromatic N) is 2. The lowest BCUT2D eigenvalue weighted by molar-refractivity contribution is 0.0697. The minimum atomic E-state index is -0.924. The second-order valence-corrected chi connectivity index (χ2v) is 5.44. The number of carboxylic acids is 1. The van der Waals surface area contributed by atoms with Crippen LogP contribution in [0.2, 0.25) is 0 Å². The number of hydrogen-bond donors (Lipinski definition) is 2. The molecule has 122 valence electrons. The SMILES string of the molecule is O=C(O)c1ccc(OCCCN2CCN(CCO)CC2)cc1. The van der Waals surface area contributed by atoms with Crippen LogP contribution in [0.25, 0.3) is 0 Å². The van der Waals surface area contributed by atoms with Crippen molar-refractivity contribution in [1.82, 2.24) is 9.80 Å². The molecule has 1 heterocycles. The third-order valence-corrected chi connectivity index (χ3v) is 3.87. The second kappa shape index (κ2) is 8.73. The molecule has 0 unspecified atom stereocenters. The van der Waals surface area contributed by atoms with Crippen molar-refractivity contribution in [2.24, 2.45) is 0 Å². The van der Waals surface area contributed by atoms with Crippen LogP contribution in [0.5, 0.6) is 5.75 Å². The average Bonchev–Trinajstić information content (AvgIpc) is 2.54. The summed E-state index contributed by atoms with van der Waals surface area (Å²) in [7, 11) is 0. The molecule has 0 radical (unpaired) electrons. The summed E-state index contributed by atoms with van der Waals surface area (Å²) in [6.07, 6.45) is 0.945. The van der Waals surface area contributed by atoms with Crippen molar-refractivity contribution in [3.8, 4) is 5.75 Å². The van der Waals surface area contributed by atoms with Crippen molar-refractivity contribution in [1.29, 1.82) is 0 Å². The number of carboxylic acid groups (broad SMARTS) is 1. The van der Waals surface area contributed by atoms with E-state index in [1.165, 1.54) is 0 Å². The maximum Gasteiger partial charge on any atom is 0.335 e. The number of carbonyl (C=O) groups is 1. The van der Waals surface area contributed by atoms with Crippen molar-refractivity contribution in [3.05, 3.63) is 29.8 Å². The Morgan fingerprint density at radius 2 is 1.64 bits per heavy atom. The Balaban J connectivity index is 1.60. The van der Waals surface area contributed by atoms with Gasteiger partial charge in [-0.2, -0.15) is 0 Å². The van der Waals surface area contributed by atoms with Crippen LogP contribution in [0, 0.1) is 0 Å². The molecule has 1 fully saturated rings. The number of β-amino-alcohol motifs (C(OH)–C–C–N with tert-alkyl or cyclic N) is 1. The normalized spacial score (nSPS) is 16.6. The molecule has 6 heteroatoms. The molecular weight excluding hydrogens is 284 g/mol. The van der Waals surface area contributed by atoms with E-state index in [2.05, 4.69) is 9.80 Å². The Bertz CT molecular complexity index is 456. The molecule has 0 spiro atoms. The number of benzene rings is 1. The summed E-state index contributed by atoms with van der Waals surface area (Å²) in [5.41, 5.74) is 0.271. The fraction of sp³-hybridized carbons (Fsp3) is 0.562. The van der Waals surface area contributed by atoms with Crippen molar-refractivity contribution >= 4 is 5.97 Å². The average molecular weight is 308 g/mol. The lowest BCUT2D eigenvalue weighted by Crippen LogP contribution is -2.47. The highest BCUT2D eigenvalue weighted by atomic mass is 16.5. The molecule has 2 rings (SSSR count). The predicted octanol–water partition coefficient (Wildman–Crippen LogP) is 0.764. The molecule has 0 bridgehead atoms. The van der Waals surface area contributed by atoms with Crippen LogP contribution in [-0.4, -0.2) is 78.5 Å². The fourth-order valence-corrected chi connectivity index (χ4v) is 2.55. The molecule has 1 aromatic carbocycles. The molecule has 0 atom stereocenters. The Morgan fingerprint density at radius 3 is 2.18 bits per heavy atom. The van der Waals surface area contributed by atoms with Gasteiger partial charge in [-0.05, 0) is 30.7 Å². The van der Waals surface area contributed by atoms with Gasteiger partial charge in [0.05, 0.1) is 18.8 Å². The zero-order valence-corrected chi connectivity index (χ0v) is 12.8. The number of ether oxygens (including phenoxy) is 1. The molecule has 6 nitrogen and oxygen atoms in total. The highest BCUT2D eigenvalue weighted by Gasteiger charge is 2.15. The number of aromatic carboxylic acids is 1. The Kier molecular flexibility index (Phi) is 6.64. The third-order valence-electron chi connectivity index (χ3n) is 3.87. The summed E-state index contributed by atoms with van der Waals surface area (Å²) < 4.78 is 5.63. The van der Waals surface area contributed by atoms with E-state index >= 15 is 0 Å². The van der Waals surface area contributed by atoms with E-state index in [0.29, 0.717) is 12.4 Å². The number of rotatable bonds is 8. The zero-order valence-electron chi connectivity index (χ0n) is 12.8. The quantitative estimate of drug-likeness (QED) is 0.691. The third kappa shape index (κ3) is 5.29. The summed E-state index contributed by atoms with van der Waals surface area (Å²) >= 11 is 0. The first-order valence-corrected chi connectivity index (χ1v) is 7.71. The maximum absolute atomic E-state index is 10.7. The number of aliphatic hydroxyl groups is 1. The van der Waals surface area contributed by atoms with Crippen LogP contribution in [0.3, 0.4) is 0 Å². The molecule has 0 aromatic heterocycles. The highest BCUT2D eigenvalue weighted by Crippen LogP contribution is 2.12. The van der Waals surface area contributed by atoms with Crippen molar-refractivity contribution < 1.29 is 19.7 Å². The van der Waals surface area contributed by atoms with E-state index in [-0.39, 0.29) is 12.2 Å². The molecule has 22 heavy (non-hydrogen) atoms. The molecular formula is C16H24N2O4. The largest absolute Gasteiger partial charge is 0.494 e. The molecule has 1 aliphatic heterocycles. The number of aliphatic hydroxyl groups excluding tert-OH is 1. The van der Waals surface area contributed by atoms with E-state index in [1.54, 1.807) is 24.3 Å². The van der Waals surface area contributed by atoms with Crippen molar-refractivity contribution in [2.75, 3.05) is 52.5 Å². The van der Waals surface area contributed by atoms with Gasteiger partial charge < -0.3 is 19.8 Å². The van der Waals surface area contributed by atoms with Gasteiger partial charge in [0.1, 0.15) is 5.75 Å². The zero-order chi connectivity index (χ0) is 15.8. The fourth-order valence-electron chi connectivity index (χ4n) is 2.55. The van der Waals surface area contributed by atoms with Gasteiger partial charge >= 0.3 is 5.97 Å². The van der Waals surface area contributed by atoms with Gasteiger partial charge in [-0.1, -0.05) is 0 Å². The standard InChI is InChI=1S/C16H24N2O4/c19-12-11-18-9-7-17(8-10-18)6-1-13-22-15-4-2-14(3-5-15)16(20)21/h2-5,19H,1,6-13H2,(H,20,21). The molecule has 0 aliphatic carbocycles. The van der Waals surface area contributed by atoms with E-state index in [0.717, 1.165) is 45.7 Å². The summed E-state index contributed by atoms with van der Waals surface area (Å²) in [6, 6.07) is 6.49. The van der Waals surface area contributed by atoms with Gasteiger partial charge in [0.15, 0.2) is 0 Å². The van der Waals surface area contributed by atoms with Crippen LogP contribution >= 0.6 is 0 Å². The Morgan fingerprint density at radius 1 is 1.05 bits per heavy atom. The number of piperazine rings is 1. The Labute approximate surface area is 130 Å². The van der Waals surface area contributed by atoms with Gasteiger partial charge in [-0.3, -0.25) is 4.90 Å². The summed E-state index contributed by atoms with van der Waals surface area (Å²) in [6.45, 7) is 6.72. The van der Waals surface area contributed by atoms with Gasteiger partial charge in [-0.25, -0.2) is 4.79 Å². The van der Waals surface area contributed by atoms with Gasteiger partial charge in [-0.15, -0.1) is 0 Å². The first-order chi connectivity index (χ1) is 10.7. The number of hydrogen-bond acceptors (Lipinski definition) is 5. The molecule has 1 aromatic rings. The minimum Gasteiger partial charge on any atom is -0.494 e. The van der Waals surface area contributed by atoms with E-state index < -0.39 is 5.97 Å². The topological polar surface area (TPSA) is 73.2 Å². The van der Waals surface area contributed by atoms with E-state index in [1.807, 2.05) is 0 Å². The van der Waals surface area contributed by atoms with E-state index in [4.69, 9.17) is 14.9 Å². The minimum absolute atomic E-state index is 0.231. The predicted molar refractivity (Wildman–Crippen MR) is 83.5 cm³/mol. The molecule has 1 aliphatic rings. The first kappa shape index (κ1) is 16.7. The lowest BCUT2D eigenvalue weighted by atomic mass is 10.2. The van der Waals surface area contributed by atoms with Gasteiger partial charge in [0.25, 0.3) is 0 Å². The van der Waals surface area contributed by atoms with Gasteiger partial charge in [0.2, 0.25) is 0 Å². The molecule has 1 saturated heterocycles. The van der Waals surface area contributed by atoms with Crippen LogP contribution < -0.4 is 4.74 Å². The van der Waals surface area contributed by atoms with Crippen LogP contribution in [-0.2, 0) is 0 Å². The first-order valence-electron chi connectivity index (χ1n) is 7.71. The molecule has 0 amide bonds. The van der Waals surface area contributed by atoms with E-state index in [9.17, 15) is 4.79 Å². The monoisotopic (exact) mass is 308 g/mol. The van der Waals surface area contributed by atoms with Crippen LogP contribution in [0.15, 0.2) is 24.3 Å². The van der Waals surface area contributed by atoms with Gasteiger partial charge in [0, 0.05) is 39.3 Å². The van der Waals surface area contributed by atoms with Crippen LogP contribution in [0.1, 0.15) is 16.8 Å². The highest BCUT2D eigenvalue weighted by molar-refractivity contribution is 5.87. The summed E-state index contributed by atoms with van der Waals surface area (Å²) in [5.74, 6) is -0.218. The summed E-state index contributed by atoms with van der Waals surface area (Å²) in [4.78, 5) is 15.4. The Hall–Kier alpha value is -1.63. The van der Waals surface area contributed by atoms with Crippen molar-refractivity contribution in [3.63, 3.8) is 0 Å².